The van der Waals surface area contributed by atoms with Crippen molar-refractivity contribution in [3.8, 4) is 0 Å². The summed E-state index contributed by atoms with van der Waals surface area (Å²) in [6.07, 6.45) is 2.02. The number of hydrogen-bond donors (Lipinski definition) is 1. The van der Waals surface area contributed by atoms with Gasteiger partial charge in [-0.05, 0) is 19.4 Å². The third-order valence-electron chi connectivity index (χ3n) is 1.35. The fourth-order valence-electron chi connectivity index (χ4n) is 0.711. The first kappa shape index (κ1) is 13.9. The van der Waals surface area contributed by atoms with Gasteiger partial charge in [-0.25, -0.2) is 0 Å². The monoisotopic (exact) mass is 311 g/mol. The molecule has 0 aromatic rings. The van der Waals surface area contributed by atoms with Crippen LogP contribution in [0.1, 0.15) is 13.3 Å². The van der Waals surface area contributed by atoms with Gasteiger partial charge in [-0.3, -0.25) is 4.79 Å². The Morgan fingerprint density at radius 1 is 1.64 bits per heavy atom. The smallest absolute Gasteiger partial charge is 0.403 e. The number of rotatable bonds is 8. The second-order valence-electron chi connectivity index (χ2n) is 2.45. The topological polar surface area (TPSA) is 47.6 Å². The van der Waals surface area contributed by atoms with Crippen LogP contribution in [0.15, 0.2) is 12.7 Å². The Morgan fingerprint density at radius 2 is 2.36 bits per heavy atom. The molecule has 0 saturated carbocycles. The van der Waals surface area contributed by atoms with Crippen LogP contribution in [0.25, 0.3) is 0 Å². The molecule has 80 valence electrons. The van der Waals surface area contributed by atoms with Gasteiger partial charge in [-0.2, -0.15) is 0 Å². The SMILES string of the molecule is C=CC(=O)NCCCOB(I)OCC. The number of carbonyl (C=O) groups excluding carboxylic acids is 1. The van der Waals surface area contributed by atoms with E-state index in [4.69, 9.17) is 9.31 Å². The van der Waals surface area contributed by atoms with E-state index < -0.39 is 0 Å². The summed E-state index contributed by atoms with van der Waals surface area (Å²) < 4.78 is 10.4. The zero-order valence-corrected chi connectivity index (χ0v) is 10.5. The van der Waals surface area contributed by atoms with Crippen LogP contribution in [0, 0.1) is 0 Å². The standard InChI is InChI=1S/C8H15BINO3/c1-3-8(12)11-6-5-7-14-9(10)13-4-2/h3H,1,4-7H2,2H3,(H,11,12). The van der Waals surface area contributed by atoms with E-state index in [1.165, 1.54) is 6.08 Å². The Bertz CT molecular complexity index is 180. The molecule has 0 heterocycles. The lowest BCUT2D eigenvalue weighted by atomic mass is 10.3. The van der Waals surface area contributed by atoms with E-state index >= 15 is 0 Å². The summed E-state index contributed by atoms with van der Waals surface area (Å²) in [5.41, 5.74) is 0. The molecule has 1 N–H and O–H groups in total. The summed E-state index contributed by atoms with van der Waals surface area (Å²) >= 11 is 2.07. The Balaban J connectivity index is 3.20. The van der Waals surface area contributed by atoms with Crippen LogP contribution < -0.4 is 5.32 Å². The van der Waals surface area contributed by atoms with E-state index in [1.807, 2.05) is 6.92 Å². The molecule has 0 spiro atoms. The van der Waals surface area contributed by atoms with Crippen molar-refractivity contribution in [2.24, 2.45) is 0 Å². The lowest BCUT2D eigenvalue weighted by Crippen LogP contribution is -2.24. The molecule has 0 aromatic carbocycles. The highest BCUT2D eigenvalue weighted by Gasteiger charge is 2.10. The fraction of sp³-hybridized carbons (Fsp3) is 0.625. The summed E-state index contributed by atoms with van der Waals surface area (Å²) in [7, 11) is 0. The summed E-state index contributed by atoms with van der Waals surface area (Å²) in [6.45, 7) is 7.08. The summed E-state index contributed by atoms with van der Waals surface area (Å²) in [5.74, 6) is -0.152. The van der Waals surface area contributed by atoms with Gasteiger partial charge in [0.2, 0.25) is 5.91 Å². The van der Waals surface area contributed by atoms with Crippen molar-refractivity contribution in [2.45, 2.75) is 13.3 Å². The fourth-order valence-corrected chi connectivity index (χ4v) is 1.32. The molecule has 0 aliphatic carbocycles. The van der Waals surface area contributed by atoms with Crippen LogP contribution >= 0.6 is 22.4 Å². The van der Waals surface area contributed by atoms with E-state index in [2.05, 4.69) is 34.3 Å². The average molecular weight is 311 g/mol. The highest BCUT2D eigenvalue weighted by Crippen LogP contribution is 1.99. The molecule has 14 heavy (non-hydrogen) atoms. The minimum absolute atomic E-state index is 0.152. The molecule has 0 aliphatic heterocycles. The molecule has 0 fully saturated rings. The van der Waals surface area contributed by atoms with E-state index in [0.29, 0.717) is 19.8 Å². The average Bonchev–Trinajstić information content (AvgIpc) is 2.17. The first-order valence-corrected chi connectivity index (χ1v) is 5.72. The van der Waals surface area contributed by atoms with Crippen molar-refractivity contribution in [2.75, 3.05) is 19.8 Å². The quantitative estimate of drug-likeness (QED) is 0.317. The van der Waals surface area contributed by atoms with Crippen LogP contribution in [0.2, 0.25) is 0 Å². The van der Waals surface area contributed by atoms with Crippen LogP contribution in [-0.2, 0) is 14.1 Å². The van der Waals surface area contributed by atoms with Crippen LogP contribution in [0.4, 0.5) is 0 Å². The maximum Gasteiger partial charge on any atom is 0.532 e. The minimum atomic E-state index is -0.201. The number of nitrogens with one attached hydrogen (secondary N) is 1. The molecule has 0 atom stereocenters. The van der Waals surface area contributed by atoms with Crippen LogP contribution in [0.3, 0.4) is 0 Å². The van der Waals surface area contributed by atoms with Gasteiger partial charge in [0.25, 0.3) is 0 Å². The molecule has 4 nitrogen and oxygen atoms in total. The van der Waals surface area contributed by atoms with Crippen molar-refractivity contribution in [3.63, 3.8) is 0 Å². The number of hydrogen-bond acceptors (Lipinski definition) is 3. The molecule has 0 rings (SSSR count). The maximum absolute atomic E-state index is 10.7. The van der Waals surface area contributed by atoms with Gasteiger partial charge in [-0.1, -0.05) is 29.0 Å². The van der Waals surface area contributed by atoms with E-state index in [-0.39, 0.29) is 10.9 Å². The van der Waals surface area contributed by atoms with Gasteiger partial charge in [-0.15, -0.1) is 0 Å². The van der Waals surface area contributed by atoms with Gasteiger partial charge in [0.15, 0.2) is 0 Å². The first-order chi connectivity index (χ1) is 6.70. The second-order valence-corrected chi connectivity index (χ2v) is 3.47. The zero-order chi connectivity index (χ0) is 10.8. The number of amides is 1. The third kappa shape index (κ3) is 8.52. The molecule has 0 aliphatic rings. The zero-order valence-electron chi connectivity index (χ0n) is 8.29. The molecule has 0 aromatic heterocycles. The van der Waals surface area contributed by atoms with Gasteiger partial charge in [0, 0.05) is 19.8 Å². The molecular formula is C8H15BINO3. The van der Waals surface area contributed by atoms with Gasteiger partial charge in [0.1, 0.15) is 0 Å². The summed E-state index contributed by atoms with van der Waals surface area (Å²) in [5, 5.41) is 2.66. The Kier molecular flexibility index (Phi) is 9.43. The normalized spacial score (nSPS) is 9.57. The predicted octanol–water partition coefficient (Wildman–Crippen LogP) is 1.15. The highest BCUT2D eigenvalue weighted by molar-refractivity contribution is 14.1. The minimum Gasteiger partial charge on any atom is -0.403 e. The molecular weight excluding hydrogens is 296 g/mol. The van der Waals surface area contributed by atoms with Gasteiger partial charge >= 0.3 is 4.97 Å². The lowest BCUT2D eigenvalue weighted by molar-refractivity contribution is -0.116. The third-order valence-corrected chi connectivity index (χ3v) is 2.07. The van der Waals surface area contributed by atoms with E-state index in [1.54, 1.807) is 0 Å². The lowest BCUT2D eigenvalue weighted by Gasteiger charge is -2.07. The van der Waals surface area contributed by atoms with Crippen LogP contribution in [-0.4, -0.2) is 30.6 Å². The molecule has 0 bridgehead atoms. The van der Waals surface area contributed by atoms with Gasteiger partial charge < -0.3 is 14.6 Å². The Hall–Kier alpha value is -0.0751. The summed E-state index contributed by atoms with van der Waals surface area (Å²) in [4.78, 5) is 10.5. The van der Waals surface area contributed by atoms with Crippen molar-refractivity contribution >= 4 is 33.3 Å². The van der Waals surface area contributed by atoms with Crippen molar-refractivity contribution in [1.29, 1.82) is 0 Å². The second kappa shape index (κ2) is 9.48. The van der Waals surface area contributed by atoms with Gasteiger partial charge in [0.05, 0.1) is 0 Å². The highest BCUT2D eigenvalue weighted by atomic mass is 127. The molecule has 1 amide bonds. The largest absolute Gasteiger partial charge is 0.532 e. The number of carbonyl (C=O) groups is 1. The van der Waals surface area contributed by atoms with Crippen molar-refractivity contribution < 1.29 is 14.1 Å². The Morgan fingerprint density at radius 3 is 2.93 bits per heavy atom. The summed E-state index contributed by atoms with van der Waals surface area (Å²) in [6, 6.07) is 0. The molecule has 0 unspecified atom stereocenters. The Labute approximate surface area is 98.4 Å². The molecule has 0 saturated heterocycles. The van der Waals surface area contributed by atoms with Crippen LogP contribution in [0.5, 0.6) is 0 Å². The molecule has 0 radical (unpaired) electrons. The van der Waals surface area contributed by atoms with Crippen molar-refractivity contribution in [3.05, 3.63) is 12.7 Å². The first-order valence-electron chi connectivity index (χ1n) is 4.48. The van der Waals surface area contributed by atoms with E-state index in [0.717, 1.165) is 6.42 Å². The van der Waals surface area contributed by atoms with E-state index in [9.17, 15) is 4.79 Å². The maximum atomic E-state index is 10.7. The predicted molar refractivity (Wildman–Crippen MR) is 65.2 cm³/mol. The number of halogens is 1. The van der Waals surface area contributed by atoms with Crippen molar-refractivity contribution in [1.82, 2.24) is 5.32 Å². The molecule has 6 heteroatoms.